The van der Waals surface area contributed by atoms with Crippen LogP contribution in [-0.2, 0) is 20.9 Å². The highest BCUT2D eigenvalue weighted by atomic mass is 35.5. The summed E-state index contributed by atoms with van der Waals surface area (Å²) in [5.41, 5.74) is 0.833. The van der Waals surface area contributed by atoms with Gasteiger partial charge in [-0.25, -0.2) is 0 Å². The van der Waals surface area contributed by atoms with Gasteiger partial charge in [-0.05, 0) is 24.0 Å². The van der Waals surface area contributed by atoms with E-state index < -0.39 is 0 Å². The van der Waals surface area contributed by atoms with Crippen LogP contribution < -0.4 is 5.32 Å². The molecule has 102 valence electrons. The molecule has 0 heterocycles. The number of hydrogen-bond donors (Lipinski definition) is 1. The van der Waals surface area contributed by atoms with Crippen molar-refractivity contribution in [2.75, 3.05) is 6.61 Å². The van der Waals surface area contributed by atoms with Gasteiger partial charge in [0.2, 0.25) is 0 Å². The SMILES string of the molecule is C[C@@H]1C[C@H]1C(=O)OCC(=O)NCc1ccccc1Cl. The highest BCUT2D eigenvalue weighted by molar-refractivity contribution is 6.31. The number of carbonyl (C=O) groups excluding carboxylic acids is 2. The Labute approximate surface area is 117 Å². The molecule has 1 aromatic carbocycles. The minimum atomic E-state index is -0.318. The van der Waals surface area contributed by atoms with Crippen LogP contribution in [-0.4, -0.2) is 18.5 Å². The van der Waals surface area contributed by atoms with Crippen molar-refractivity contribution in [3.05, 3.63) is 34.9 Å². The Balaban J connectivity index is 1.70. The van der Waals surface area contributed by atoms with Crippen LogP contribution in [0.25, 0.3) is 0 Å². The molecule has 1 aliphatic rings. The first kappa shape index (κ1) is 13.9. The minimum absolute atomic E-state index is 0.0173. The lowest BCUT2D eigenvalue weighted by atomic mass is 10.2. The molecular weight excluding hydrogens is 266 g/mol. The summed E-state index contributed by atoms with van der Waals surface area (Å²) >= 11 is 5.96. The third-order valence-corrected chi connectivity index (χ3v) is 3.56. The maximum atomic E-state index is 11.5. The summed E-state index contributed by atoms with van der Waals surface area (Å²) in [5.74, 6) is -0.225. The minimum Gasteiger partial charge on any atom is -0.455 e. The second kappa shape index (κ2) is 6.06. The first-order valence-electron chi connectivity index (χ1n) is 6.24. The molecule has 2 rings (SSSR count). The van der Waals surface area contributed by atoms with Crippen molar-refractivity contribution in [1.29, 1.82) is 0 Å². The summed E-state index contributed by atoms with van der Waals surface area (Å²) in [4.78, 5) is 23.0. The number of hydrogen-bond acceptors (Lipinski definition) is 3. The molecule has 0 radical (unpaired) electrons. The van der Waals surface area contributed by atoms with Crippen LogP contribution in [0.1, 0.15) is 18.9 Å². The van der Waals surface area contributed by atoms with E-state index in [9.17, 15) is 9.59 Å². The Hall–Kier alpha value is -1.55. The molecule has 5 heteroatoms. The number of nitrogens with one attached hydrogen (secondary N) is 1. The Bertz CT molecular complexity index is 489. The second-order valence-electron chi connectivity index (χ2n) is 4.80. The van der Waals surface area contributed by atoms with Gasteiger partial charge in [-0.3, -0.25) is 9.59 Å². The molecular formula is C14H16ClNO3. The zero-order chi connectivity index (χ0) is 13.8. The number of carbonyl (C=O) groups is 2. The molecule has 2 atom stereocenters. The predicted molar refractivity (Wildman–Crippen MR) is 71.5 cm³/mol. The van der Waals surface area contributed by atoms with Gasteiger partial charge < -0.3 is 10.1 Å². The van der Waals surface area contributed by atoms with Crippen LogP contribution in [0.4, 0.5) is 0 Å². The summed E-state index contributed by atoms with van der Waals surface area (Å²) in [6, 6.07) is 7.27. The van der Waals surface area contributed by atoms with Crippen LogP contribution in [0.2, 0.25) is 5.02 Å². The van der Waals surface area contributed by atoms with Crippen LogP contribution in [0.3, 0.4) is 0 Å². The average molecular weight is 282 g/mol. The molecule has 1 aliphatic carbocycles. The van der Waals surface area contributed by atoms with Gasteiger partial charge >= 0.3 is 5.97 Å². The summed E-state index contributed by atoms with van der Waals surface area (Å²) in [5, 5.41) is 3.27. The van der Waals surface area contributed by atoms with Crippen molar-refractivity contribution in [3.8, 4) is 0 Å². The van der Waals surface area contributed by atoms with E-state index in [1.54, 1.807) is 6.07 Å². The van der Waals surface area contributed by atoms with E-state index >= 15 is 0 Å². The smallest absolute Gasteiger partial charge is 0.309 e. The Morgan fingerprint density at radius 3 is 2.74 bits per heavy atom. The zero-order valence-electron chi connectivity index (χ0n) is 10.7. The fourth-order valence-corrected chi connectivity index (χ4v) is 1.98. The maximum absolute atomic E-state index is 11.5. The van der Waals surface area contributed by atoms with Crippen LogP contribution in [0.5, 0.6) is 0 Å². The lowest BCUT2D eigenvalue weighted by Crippen LogP contribution is -2.28. The molecule has 1 amide bonds. The average Bonchev–Trinajstić information content (AvgIpc) is 3.12. The van der Waals surface area contributed by atoms with Gasteiger partial charge in [0.05, 0.1) is 5.92 Å². The molecule has 1 fully saturated rings. The third-order valence-electron chi connectivity index (χ3n) is 3.19. The van der Waals surface area contributed by atoms with Crippen LogP contribution in [0.15, 0.2) is 24.3 Å². The largest absolute Gasteiger partial charge is 0.455 e. The number of ether oxygens (including phenoxy) is 1. The van der Waals surface area contributed by atoms with Crippen LogP contribution in [0, 0.1) is 11.8 Å². The highest BCUT2D eigenvalue weighted by Crippen LogP contribution is 2.38. The van der Waals surface area contributed by atoms with Crippen molar-refractivity contribution < 1.29 is 14.3 Å². The quantitative estimate of drug-likeness (QED) is 0.842. The topological polar surface area (TPSA) is 55.4 Å². The summed E-state index contributed by atoms with van der Waals surface area (Å²) < 4.78 is 4.93. The molecule has 1 aromatic rings. The number of halogens is 1. The number of benzene rings is 1. The zero-order valence-corrected chi connectivity index (χ0v) is 11.4. The van der Waals surface area contributed by atoms with Gasteiger partial charge in [-0.15, -0.1) is 0 Å². The molecule has 0 saturated heterocycles. The molecule has 0 spiro atoms. The van der Waals surface area contributed by atoms with Gasteiger partial charge in [0.25, 0.3) is 5.91 Å². The lowest BCUT2D eigenvalue weighted by Gasteiger charge is -2.07. The van der Waals surface area contributed by atoms with Crippen molar-refractivity contribution in [3.63, 3.8) is 0 Å². The molecule has 1 N–H and O–H groups in total. The van der Waals surface area contributed by atoms with E-state index in [0.717, 1.165) is 12.0 Å². The number of esters is 1. The fourth-order valence-electron chi connectivity index (χ4n) is 1.78. The molecule has 0 aliphatic heterocycles. The lowest BCUT2D eigenvalue weighted by molar-refractivity contribution is -0.150. The fraction of sp³-hybridized carbons (Fsp3) is 0.429. The highest BCUT2D eigenvalue weighted by Gasteiger charge is 2.40. The molecule has 19 heavy (non-hydrogen) atoms. The molecule has 0 aromatic heterocycles. The first-order valence-corrected chi connectivity index (χ1v) is 6.62. The number of amides is 1. The summed E-state index contributed by atoms with van der Waals surface area (Å²) in [6.07, 6.45) is 0.861. The maximum Gasteiger partial charge on any atom is 0.309 e. The van der Waals surface area contributed by atoms with Gasteiger partial charge in [-0.2, -0.15) is 0 Å². The molecule has 1 saturated carbocycles. The van der Waals surface area contributed by atoms with E-state index in [4.69, 9.17) is 16.3 Å². The predicted octanol–water partition coefficient (Wildman–Crippen LogP) is 2.16. The molecule has 0 unspecified atom stereocenters. The molecule has 4 nitrogen and oxygen atoms in total. The third kappa shape index (κ3) is 3.96. The summed E-state index contributed by atoms with van der Waals surface area (Å²) in [6.45, 7) is 2.09. The van der Waals surface area contributed by atoms with Crippen molar-refractivity contribution >= 4 is 23.5 Å². The van der Waals surface area contributed by atoms with Gasteiger partial charge in [0, 0.05) is 11.6 Å². The van der Waals surface area contributed by atoms with Crippen molar-refractivity contribution in [2.24, 2.45) is 11.8 Å². The van der Waals surface area contributed by atoms with E-state index in [1.807, 2.05) is 25.1 Å². The second-order valence-corrected chi connectivity index (χ2v) is 5.20. The van der Waals surface area contributed by atoms with Gasteiger partial charge in [0.1, 0.15) is 0 Å². The van der Waals surface area contributed by atoms with Crippen molar-refractivity contribution in [2.45, 2.75) is 19.9 Å². The van der Waals surface area contributed by atoms with E-state index in [-0.39, 0.29) is 24.4 Å². The Morgan fingerprint density at radius 1 is 1.42 bits per heavy atom. The Morgan fingerprint density at radius 2 is 2.11 bits per heavy atom. The first-order chi connectivity index (χ1) is 9.08. The van der Waals surface area contributed by atoms with Gasteiger partial charge in [-0.1, -0.05) is 36.7 Å². The van der Waals surface area contributed by atoms with Crippen LogP contribution >= 0.6 is 11.6 Å². The summed E-state index contributed by atoms with van der Waals surface area (Å²) in [7, 11) is 0. The normalized spacial score (nSPS) is 20.7. The Kier molecular flexibility index (Phi) is 4.43. The van der Waals surface area contributed by atoms with E-state index in [0.29, 0.717) is 17.5 Å². The van der Waals surface area contributed by atoms with E-state index in [2.05, 4.69) is 5.32 Å². The van der Waals surface area contributed by atoms with Crippen molar-refractivity contribution in [1.82, 2.24) is 5.32 Å². The molecule has 0 bridgehead atoms. The van der Waals surface area contributed by atoms with Gasteiger partial charge in [0.15, 0.2) is 6.61 Å². The standard InChI is InChI=1S/C14H16ClNO3/c1-9-6-11(9)14(18)19-8-13(17)16-7-10-4-2-3-5-12(10)15/h2-5,9,11H,6-8H2,1H3,(H,16,17)/t9-,11-/m1/s1. The van der Waals surface area contributed by atoms with E-state index in [1.165, 1.54) is 0 Å². The number of rotatable bonds is 5. The monoisotopic (exact) mass is 281 g/mol.